The Morgan fingerprint density at radius 2 is 1.34 bits per heavy atom. The Morgan fingerprint density at radius 3 is 2.11 bits per heavy atom. The molecule has 1 aromatic carbocycles. The number of hydrogen-bond donors (Lipinski definition) is 0. The molecular weight excluding hydrogens is 432 g/mol. The van der Waals surface area contributed by atoms with Crippen molar-refractivity contribution in [3.8, 4) is 17.1 Å². The summed E-state index contributed by atoms with van der Waals surface area (Å²) in [5.74, 6) is 1.48. The van der Waals surface area contributed by atoms with Crippen LogP contribution in [0.5, 0.6) is 5.75 Å². The maximum Gasteiger partial charge on any atom is 0.159 e. The standard InChI is InChI=1S/C31H48N2O2/c1-3-5-6-7-8-9-10-11-13-17-25-35-30-26-32-31(33-27-30)29-21-19-28(20-22-29)18-15-12-14-16-24-34-23-4-2/h11,13,19-22,26-27H,3-10,12,14-18,23-25H2,1-2H3/b13-11-. The van der Waals surface area contributed by atoms with E-state index in [2.05, 4.69) is 60.2 Å². The number of aromatic nitrogens is 2. The lowest BCUT2D eigenvalue weighted by Crippen LogP contribution is -1.98. The minimum atomic E-state index is 0.663. The van der Waals surface area contributed by atoms with E-state index in [-0.39, 0.29) is 0 Å². The number of benzene rings is 1. The molecule has 0 bridgehead atoms. The van der Waals surface area contributed by atoms with Gasteiger partial charge < -0.3 is 9.47 Å². The van der Waals surface area contributed by atoms with E-state index >= 15 is 0 Å². The number of aryl methyl sites for hydroxylation is 1. The first-order chi connectivity index (χ1) is 17.3. The lowest BCUT2D eigenvalue weighted by Gasteiger charge is -2.06. The van der Waals surface area contributed by atoms with Gasteiger partial charge in [0.2, 0.25) is 0 Å². The summed E-state index contributed by atoms with van der Waals surface area (Å²) >= 11 is 0. The van der Waals surface area contributed by atoms with Gasteiger partial charge in [0.25, 0.3) is 0 Å². The molecule has 194 valence electrons. The summed E-state index contributed by atoms with van der Waals surface area (Å²) < 4.78 is 11.3. The minimum absolute atomic E-state index is 0.663. The quantitative estimate of drug-likeness (QED) is 0.132. The molecular formula is C31H48N2O2. The van der Waals surface area contributed by atoms with E-state index in [1.54, 1.807) is 12.4 Å². The van der Waals surface area contributed by atoms with Crippen LogP contribution < -0.4 is 4.74 Å². The number of hydrogen-bond acceptors (Lipinski definition) is 4. The predicted octanol–water partition coefficient (Wildman–Crippen LogP) is 8.75. The molecule has 1 heterocycles. The highest BCUT2D eigenvalue weighted by Gasteiger charge is 2.03. The van der Waals surface area contributed by atoms with Gasteiger partial charge in [-0.25, -0.2) is 9.97 Å². The van der Waals surface area contributed by atoms with Crippen LogP contribution in [-0.4, -0.2) is 29.8 Å². The van der Waals surface area contributed by atoms with Crippen molar-refractivity contribution in [1.82, 2.24) is 9.97 Å². The minimum Gasteiger partial charge on any atom is -0.490 e. The molecule has 0 N–H and O–H groups in total. The van der Waals surface area contributed by atoms with Crippen LogP contribution in [-0.2, 0) is 11.2 Å². The van der Waals surface area contributed by atoms with Crippen LogP contribution >= 0.6 is 0 Å². The Morgan fingerprint density at radius 1 is 0.657 bits per heavy atom. The first kappa shape index (κ1) is 29.0. The van der Waals surface area contributed by atoms with Gasteiger partial charge in [-0.15, -0.1) is 0 Å². The van der Waals surface area contributed by atoms with E-state index in [4.69, 9.17) is 9.47 Å². The number of rotatable bonds is 21. The zero-order valence-electron chi connectivity index (χ0n) is 22.4. The molecule has 0 spiro atoms. The molecule has 4 nitrogen and oxygen atoms in total. The number of nitrogens with zero attached hydrogens (tertiary/aromatic N) is 2. The van der Waals surface area contributed by atoms with Crippen molar-refractivity contribution in [2.75, 3.05) is 19.8 Å². The third-order valence-corrected chi connectivity index (χ3v) is 6.14. The molecule has 2 aromatic rings. The lowest BCUT2D eigenvalue weighted by atomic mass is 10.0. The van der Waals surface area contributed by atoms with Gasteiger partial charge >= 0.3 is 0 Å². The van der Waals surface area contributed by atoms with Gasteiger partial charge in [-0.2, -0.15) is 0 Å². The highest BCUT2D eigenvalue weighted by Crippen LogP contribution is 2.18. The fourth-order valence-corrected chi connectivity index (χ4v) is 4.02. The van der Waals surface area contributed by atoms with E-state index in [0.717, 1.165) is 49.6 Å². The Balaban J connectivity index is 1.58. The second-order valence-electron chi connectivity index (χ2n) is 9.38. The van der Waals surface area contributed by atoms with E-state index in [9.17, 15) is 0 Å². The molecule has 0 aliphatic rings. The Hall–Kier alpha value is -2.20. The van der Waals surface area contributed by atoms with E-state index in [1.165, 1.54) is 76.2 Å². The Kier molecular flexibility index (Phi) is 16.6. The third kappa shape index (κ3) is 14.1. The molecule has 1 aromatic heterocycles. The molecule has 2 rings (SSSR count). The molecule has 0 atom stereocenters. The largest absolute Gasteiger partial charge is 0.490 e. The van der Waals surface area contributed by atoms with Crippen LogP contribution in [0.2, 0.25) is 0 Å². The predicted molar refractivity (Wildman–Crippen MR) is 148 cm³/mol. The monoisotopic (exact) mass is 480 g/mol. The van der Waals surface area contributed by atoms with E-state index < -0.39 is 0 Å². The third-order valence-electron chi connectivity index (χ3n) is 6.14. The summed E-state index contributed by atoms with van der Waals surface area (Å²) in [5.41, 5.74) is 2.42. The Labute approximate surface area is 214 Å². The lowest BCUT2D eigenvalue weighted by molar-refractivity contribution is 0.130. The molecule has 0 saturated carbocycles. The van der Waals surface area contributed by atoms with Gasteiger partial charge in [0.1, 0.15) is 0 Å². The van der Waals surface area contributed by atoms with E-state index in [1.807, 2.05) is 0 Å². The fourth-order valence-electron chi connectivity index (χ4n) is 4.02. The van der Waals surface area contributed by atoms with Crippen LogP contribution in [0.25, 0.3) is 11.4 Å². The van der Waals surface area contributed by atoms with Crippen LogP contribution in [0, 0.1) is 0 Å². The second kappa shape index (κ2) is 20.0. The van der Waals surface area contributed by atoms with Gasteiger partial charge in [-0.05, 0) is 50.5 Å². The molecule has 0 fully saturated rings. The maximum atomic E-state index is 5.80. The van der Waals surface area contributed by atoms with Crippen molar-refractivity contribution in [3.05, 3.63) is 54.4 Å². The Bertz CT molecular complexity index is 772. The van der Waals surface area contributed by atoms with Gasteiger partial charge in [-0.1, -0.05) is 95.2 Å². The highest BCUT2D eigenvalue weighted by molar-refractivity contribution is 5.55. The average molecular weight is 481 g/mol. The van der Waals surface area contributed by atoms with E-state index in [0.29, 0.717) is 6.61 Å². The summed E-state index contributed by atoms with van der Waals surface area (Å²) in [4.78, 5) is 9.00. The summed E-state index contributed by atoms with van der Waals surface area (Å²) in [5, 5.41) is 0. The maximum absolute atomic E-state index is 5.80. The molecule has 0 aliphatic heterocycles. The smallest absolute Gasteiger partial charge is 0.159 e. The molecule has 0 aliphatic carbocycles. The summed E-state index contributed by atoms with van der Waals surface area (Å²) in [7, 11) is 0. The van der Waals surface area contributed by atoms with Gasteiger partial charge in [-0.3, -0.25) is 0 Å². The van der Waals surface area contributed by atoms with Crippen LogP contribution in [0.4, 0.5) is 0 Å². The van der Waals surface area contributed by atoms with Crippen molar-refractivity contribution in [1.29, 1.82) is 0 Å². The van der Waals surface area contributed by atoms with Crippen molar-refractivity contribution < 1.29 is 9.47 Å². The molecule has 0 radical (unpaired) electrons. The van der Waals surface area contributed by atoms with Crippen molar-refractivity contribution in [2.45, 2.75) is 104 Å². The average Bonchev–Trinajstić information content (AvgIpc) is 2.89. The SMILES string of the molecule is CCCCCCCC/C=C\CCOc1cnc(-c2ccc(CCCCCCOCCC)cc2)nc1. The normalized spacial score (nSPS) is 11.4. The number of unbranched alkanes of at least 4 members (excludes halogenated alkanes) is 9. The zero-order valence-corrected chi connectivity index (χ0v) is 22.4. The first-order valence-corrected chi connectivity index (χ1v) is 14.1. The number of allylic oxidation sites excluding steroid dienone is 1. The van der Waals surface area contributed by atoms with Crippen LogP contribution in [0.1, 0.15) is 103 Å². The molecule has 0 amide bonds. The fraction of sp³-hybridized carbons (Fsp3) is 0.613. The second-order valence-corrected chi connectivity index (χ2v) is 9.38. The summed E-state index contributed by atoms with van der Waals surface area (Å²) in [6.45, 7) is 6.88. The summed E-state index contributed by atoms with van der Waals surface area (Å²) in [6, 6.07) is 8.65. The zero-order chi connectivity index (χ0) is 24.8. The van der Waals surface area contributed by atoms with Gasteiger partial charge in [0.05, 0.1) is 19.0 Å². The topological polar surface area (TPSA) is 44.2 Å². The van der Waals surface area contributed by atoms with Crippen molar-refractivity contribution in [3.63, 3.8) is 0 Å². The van der Waals surface area contributed by atoms with Crippen LogP contribution in [0.3, 0.4) is 0 Å². The van der Waals surface area contributed by atoms with Crippen molar-refractivity contribution >= 4 is 0 Å². The van der Waals surface area contributed by atoms with Gasteiger partial charge in [0.15, 0.2) is 11.6 Å². The molecule has 0 unspecified atom stereocenters. The highest BCUT2D eigenvalue weighted by atomic mass is 16.5. The molecule has 4 heteroatoms. The first-order valence-electron chi connectivity index (χ1n) is 14.1. The van der Waals surface area contributed by atoms with Crippen molar-refractivity contribution in [2.24, 2.45) is 0 Å². The number of ether oxygens (including phenoxy) is 2. The van der Waals surface area contributed by atoms with Crippen LogP contribution in [0.15, 0.2) is 48.8 Å². The van der Waals surface area contributed by atoms with Gasteiger partial charge in [0, 0.05) is 18.8 Å². The summed E-state index contributed by atoms with van der Waals surface area (Å²) in [6.07, 6.45) is 25.4. The molecule has 0 saturated heterocycles. The molecule has 35 heavy (non-hydrogen) atoms.